The first-order valence-electron chi connectivity index (χ1n) is 5.61. The summed E-state index contributed by atoms with van der Waals surface area (Å²) in [7, 11) is 0. The first-order valence-corrected chi connectivity index (χ1v) is 5.61. The summed E-state index contributed by atoms with van der Waals surface area (Å²) in [6.07, 6.45) is 0.875. The molecule has 6 heteroatoms. The Morgan fingerprint density at radius 2 is 2.41 bits per heavy atom. The smallest absolute Gasteiger partial charge is 0.274 e. The SMILES string of the molecule is CC1CCN(C(=O)c2ccc(=O)[nH]n2)C1CO. The average molecular weight is 237 g/mol. The minimum absolute atomic E-state index is 0.0454. The first-order chi connectivity index (χ1) is 8.13. The van der Waals surface area contributed by atoms with Crippen LogP contribution in [0.1, 0.15) is 23.8 Å². The average Bonchev–Trinajstić information content (AvgIpc) is 2.70. The third kappa shape index (κ3) is 2.21. The van der Waals surface area contributed by atoms with E-state index < -0.39 is 0 Å². The van der Waals surface area contributed by atoms with Crippen LogP contribution in [0.2, 0.25) is 0 Å². The van der Waals surface area contributed by atoms with Gasteiger partial charge in [0.1, 0.15) is 5.69 Å². The zero-order chi connectivity index (χ0) is 12.4. The Labute approximate surface area is 98.3 Å². The van der Waals surface area contributed by atoms with Crippen molar-refractivity contribution < 1.29 is 9.90 Å². The molecule has 0 spiro atoms. The highest BCUT2D eigenvalue weighted by Crippen LogP contribution is 2.24. The van der Waals surface area contributed by atoms with Gasteiger partial charge in [-0.25, -0.2) is 5.10 Å². The third-order valence-corrected chi connectivity index (χ3v) is 3.23. The van der Waals surface area contributed by atoms with Gasteiger partial charge in [-0.1, -0.05) is 6.92 Å². The zero-order valence-corrected chi connectivity index (χ0v) is 9.59. The molecule has 0 radical (unpaired) electrons. The molecule has 1 aromatic rings. The van der Waals surface area contributed by atoms with Gasteiger partial charge in [-0.15, -0.1) is 0 Å². The van der Waals surface area contributed by atoms with Gasteiger partial charge in [-0.05, 0) is 18.4 Å². The Balaban J connectivity index is 2.20. The first kappa shape index (κ1) is 11.8. The van der Waals surface area contributed by atoms with E-state index in [1.54, 1.807) is 4.90 Å². The molecule has 92 valence electrons. The van der Waals surface area contributed by atoms with Crippen molar-refractivity contribution in [2.24, 2.45) is 5.92 Å². The summed E-state index contributed by atoms with van der Waals surface area (Å²) in [5, 5.41) is 15.2. The molecule has 0 aromatic carbocycles. The number of nitrogens with zero attached hydrogens (tertiary/aromatic N) is 2. The van der Waals surface area contributed by atoms with Gasteiger partial charge in [0, 0.05) is 12.6 Å². The molecule has 1 aliphatic heterocycles. The van der Waals surface area contributed by atoms with Crippen LogP contribution in [0.5, 0.6) is 0 Å². The van der Waals surface area contributed by atoms with Gasteiger partial charge in [0.15, 0.2) is 0 Å². The van der Waals surface area contributed by atoms with Crippen molar-refractivity contribution in [1.82, 2.24) is 15.1 Å². The topological polar surface area (TPSA) is 86.3 Å². The van der Waals surface area contributed by atoms with E-state index in [1.807, 2.05) is 6.92 Å². The minimum atomic E-state index is -0.338. The highest BCUT2D eigenvalue weighted by molar-refractivity contribution is 5.92. The van der Waals surface area contributed by atoms with Crippen molar-refractivity contribution in [2.75, 3.05) is 13.2 Å². The van der Waals surface area contributed by atoms with E-state index >= 15 is 0 Å². The zero-order valence-electron chi connectivity index (χ0n) is 9.59. The Morgan fingerprint density at radius 1 is 1.65 bits per heavy atom. The van der Waals surface area contributed by atoms with Crippen LogP contribution < -0.4 is 5.56 Å². The number of carbonyl (C=O) groups excluding carboxylic acids is 1. The number of H-pyrrole nitrogens is 1. The van der Waals surface area contributed by atoms with Crippen molar-refractivity contribution in [2.45, 2.75) is 19.4 Å². The van der Waals surface area contributed by atoms with Gasteiger partial charge in [-0.3, -0.25) is 9.59 Å². The fraction of sp³-hybridized carbons (Fsp3) is 0.545. The van der Waals surface area contributed by atoms with E-state index in [4.69, 9.17) is 0 Å². The molecule has 1 aliphatic rings. The summed E-state index contributed by atoms with van der Waals surface area (Å²) in [6, 6.07) is 2.52. The van der Waals surface area contributed by atoms with Gasteiger partial charge in [0.25, 0.3) is 11.5 Å². The molecule has 1 aromatic heterocycles. The summed E-state index contributed by atoms with van der Waals surface area (Å²) in [5.74, 6) is 0.0383. The van der Waals surface area contributed by atoms with Gasteiger partial charge >= 0.3 is 0 Å². The Morgan fingerprint density at radius 3 is 3.00 bits per heavy atom. The van der Waals surface area contributed by atoms with Crippen LogP contribution in [0.15, 0.2) is 16.9 Å². The van der Waals surface area contributed by atoms with E-state index in [0.29, 0.717) is 6.54 Å². The fourth-order valence-electron chi connectivity index (χ4n) is 2.15. The van der Waals surface area contributed by atoms with Crippen molar-refractivity contribution in [3.05, 3.63) is 28.2 Å². The number of rotatable bonds is 2. The van der Waals surface area contributed by atoms with Crippen molar-refractivity contribution in [3.8, 4) is 0 Å². The molecular weight excluding hydrogens is 222 g/mol. The van der Waals surface area contributed by atoms with Gasteiger partial charge in [-0.2, -0.15) is 5.10 Å². The molecule has 1 saturated heterocycles. The highest BCUT2D eigenvalue weighted by atomic mass is 16.3. The highest BCUT2D eigenvalue weighted by Gasteiger charge is 2.34. The monoisotopic (exact) mass is 237 g/mol. The summed E-state index contributed by atoms with van der Waals surface area (Å²) in [6.45, 7) is 2.58. The number of carbonyl (C=O) groups is 1. The molecule has 0 saturated carbocycles. The maximum absolute atomic E-state index is 12.1. The molecule has 0 aliphatic carbocycles. The quantitative estimate of drug-likeness (QED) is 0.733. The van der Waals surface area contributed by atoms with Crippen LogP contribution in [-0.2, 0) is 0 Å². The second-order valence-corrected chi connectivity index (χ2v) is 4.32. The molecule has 17 heavy (non-hydrogen) atoms. The van der Waals surface area contributed by atoms with Gasteiger partial charge < -0.3 is 10.0 Å². The molecular formula is C11H15N3O3. The number of aliphatic hydroxyl groups is 1. The predicted octanol–water partition coefficient (Wildman–Crippen LogP) is -0.387. The molecule has 1 amide bonds. The second kappa shape index (κ2) is 4.67. The van der Waals surface area contributed by atoms with E-state index in [9.17, 15) is 14.7 Å². The van der Waals surface area contributed by atoms with Gasteiger partial charge in [0.05, 0.1) is 12.6 Å². The number of nitrogens with one attached hydrogen (secondary N) is 1. The molecule has 0 bridgehead atoms. The van der Waals surface area contributed by atoms with E-state index in [0.717, 1.165) is 6.42 Å². The number of amides is 1. The Kier molecular flexibility index (Phi) is 3.23. The molecule has 2 rings (SSSR count). The second-order valence-electron chi connectivity index (χ2n) is 4.32. The fourth-order valence-corrected chi connectivity index (χ4v) is 2.15. The lowest BCUT2D eigenvalue weighted by Crippen LogP contribution is -2.40. The predicted molar refractivity (Wildman–Crippen MR) is 60.5 cm³/mol. The van der Waals surface area contributed by atoms with E-state index in [2.05, 4.69) is 10.2 Å². The standard InChI is InChI=1S/C11H15N3O3/c1-7-4-5-14(9(7)6-15)11(17)8-2-3-10(16)13-12-8/h2-3,7,9,15H,4-6H2,1H3,(H,13,16). The van der Waals surface area contributed by atoms with Crippen LogP contribution in [0, 0.1) is 5.92 Å². The normalized spacial score (nSPS) is 24.0. The number of hydrogen-bond donors (Lipinski definition) is 2. The van der Waals surface area contributed by atoms with E-state index in [-0.39, 0.29) is 35.7 Å². The van der Waals surface area contributed by atoms with Crippen LogP contribution >= 0.6 is 0 Å². The third-order valence-electron chi connectivity index (χ3n) is 3.23. The molecule has 6 nitrogen and oxygen atoms in total. The van der Waals surface area contributed by atoms with E-state index in [1.165, 1.54) is 12.1 Å². The number of hydrogen-bond acceptors (Lipinski definition) is 4. The lowest BCUT2D eigenvalue weighted by Gasteiger charge is -2.24. The molecule has 2 heterocycles. The van der Waals surface area contributed by atoms with Crippen molar-refractivity contribution in [1.29, 1.82) is 0 Å². The van der Waals surface area contributed by atoms with Crippen LogP contribution in [0.25, 0.3) is 0 Å². The summed E-state index contributed by atoms with van der Waals surface area (Å²) < 4.78 is 0. The molecule has 2 atom stereocenters. The van der Waals surface area contributed by atoms with Crippen LogP contribution in [0.3, 0.4) is 0 Å². The maximum Gasteiger partial charge on any atom is 0.274 e. The van der Waals surface area contributed by atoms with Crippen molar-refractivity contribution >= 4 is 5.91 Å². The number of aromatic nitrogens is 2. The Bertz CT molecular complexity index is 451. The number of aliphatic hydroxyl groups excluding tert-OH is 1. The minimum Gasteiger partial charge on any atom is -0.394 e. The molecule has 1 fully saturated rings. The van der Waals surface area contributed by atoms with Crippen LogP contribution in [0.4, 0.5) is 0 Å². The maximum atomic E-state index is 12.1. The lowest BCUT2D eigenvalue weighted by molar-refractivity contribution is 0.0641. The lowest BCUT2D eigenvalue weighted by atomic mass is 10.0. The largest absolute Gasteiger partial charge is 0.394 e. The number of likely N-dealkylation sites (tertiary alicyclic amines) is 1. The molecule has 2 unspecified atom stereocenters. The molecule has 2 N–H and O–H groups in total. The summed E-state index contributed by atoms with van der Waals surface area (Å²) in [4.78, 5) is 24.6. The van der Waals surface area contributed by atoms with Crippen LogP contribution in [-0.4, -0.2) is 45.3 Å². The summed E-state index contributed by atoms with van der Waals surface area (Å²) in [5.41, 5.74) is -0.132. The van der Waals surface area contributed by atoms with Gasteiger partial charge in [0.2, 0.25) is 0 Å². The van der Waals surface area contributed by atoms with Crippen molar-refractivity contribution in [3.63, 3.8) is 0 Å². The number of aromatic amines is 1. The summed E-state index contributed by atoms with van der Waals surface area (Å²) >= 11 is 0. The Hall–Kier alpha value is -1.69.